The Kier molecular flexibility index (Phi) is 9.37. The number of ether oxygens (including phenoxy) is 4. The minimum Gasteiger partial charge on any atom is -0.490 e. The molecule has 1 atom stereocenters. The monoisotopic (exact) mass is 414 g/mol. The van der Waals surface area contributed by atoms with Crippen LogP contribution in [0.15, 0.2) is 60.7 Å². The fourth-order valence-electron chi connectivity index (χ4n) is 2.45. The van der Waals surface area contributed by atoms with Gasteiger partial charge in [-0.1, -0.05) is 36.4 Å². The van der Waals surface area contributed by atoms with Gasteiger partial charge < -0.3 is 23.7 Å². The third-order valence-electron chi connectivity index (χ3n) is 4.26. The van der Waals surface area contributed by atoms with Crippen LogP contribution in [-0.4, -0.2) is 44.7 Å². The fraction of sp³-hybridized carbons (Fsp3) is 0.348. The quantitative estimate of drug-likeness (QED) is 0.215. The van der Waals surface area contributed by atoms with E-state index in [-0.39, 0.29) is 39.3 Å². The largest absolute Gasteiger partial charge is 0.490 e. The summed E-state index contributed by atoms with van der Waals surface area (Å²) in [6.45, 7) is 1.88. The fourth-order valence-corrected chi connectivity index (χ4v) is 2.45. The van der Waals surface area contributed by atoms with E-state index in [9.17, 15) is 14.4 Å². The van der Waals surface area contributed by atoms with Crippen molar-refractivity contribution in [2.24, 2.45) is 5.41 Å². The highest BCUT2D eigenvalue weighted by molar-refractivity contribution is 5.93. The number of aldehydes is 1. The molecule has 0 aromatic heterocycles. The summed E-state index contributed by atoms with van der Waals surface area (Å²) in [5.41, 5.74) is -1.42. The van der Waals surface area contributed by atoms with Crippen molar-refractivity contribution < 1.29 is 33.3 Å². The zero-order valence-electron chi connectivity index (χ0n) is 17.0. The number of rotatable bonds is 13. The molecular weight excluding hydrogens is 388 g/mol. The van der Waals surface area contributed by atoms with Gasteiger partial charge in [0.25, 0.3) is 0 Å². The molecule has 0 amide bonds. The molecule has 7 heteroatoms. The third-order valence-corrected chi connectivity index (χ3v) is 4.26. The number of benzene rings is 2. The predicted octanol–water partition coefficient (Wildman–Crippen LogP) is 3.22. The highest BCUT2D eigenvalue weighted by Gasteiger charge is 2.35. The first-order chi connectivity index (χ1) is 14.5. The van der Waals surface area contributed by atoms with E-state index in [1.807, 2.05) is 36.4 Å². The summed E-state index contributed by atoms with van der Waals surface area (Å²) in [6.07, 6.45) is 0.405. The van der Waals surface area contributed by atoms with Crippen molar-refractivity contribution in [3.8, 4) is 11.5 Å². The Hall–Kier alpha value is -3.35. The Labute approximate surface area is 175 Å². The zero-order chi connectivity index (χ0) is 21.7. The van der Waals surface area contributed by atoms with E-state index in [0.717, 1.165) is 0 Å². The van der Waals surface area contributed by atoms with Crippen molar-refractivity contribution in [1.29, 1.82) is 0 Å². The van der Waals surface area contributed by atoms with Crippen LogP contribution in [0.25, 0.3) is 0 Å². The van der Waals surface area contributed by atoms with Gasteiger partial charge in [0, 0.05) is 6.42 Å². The normalized spacial score (nSPS) is 12.3. The Balaban J connectivity index is 1.64. The summed E-state index contributed by atoms with van der Waals surface area (Å²) >= 11 is 0. The minimum atomic E-state index is -1.42. The molecule has 0 aliphatic carbocycles. The molecule has 0 radical (unpaired) electrons. The van der Waals surface area contributed by atoms with E-state index in [4.69, 9.17) is 18.9 Å². The molecule has 2 aromatic carbocycles. The van der Waals surface area contributed by atoms with Gasteiger partial charge in [-0.25, -0.2) is 0 Å². The number of hydrogen-bond acceptors (Lipinski definition) is 7. The second kappa shape index (κ2) is 12.3. The maximum absolute atomic E-state index is 12.3. The average molecular weight is 414 g/mol. The van der Waals surface area contributed by atoms with Crippen LogP contribution in [0.1, 0.15) is 19.8 Å². The molecule has 0 bridgehead atoms. The smallest absolute Gasteiger partial charge is 0.319 e. The summed E-state index contributed by atoms with van der Waals surface area (Å²) in [5, 5.41) is 0. The van der Waals surface area contributed by atoms with Crippen molar-refractivity contribution in [1.82, 2.24) is 0 Å². The summed E-state index contributed by atoms with van der Waals surface area (Å²) in [7, 11) is 0. The first-order valence-electron chi connectivity index (χ1n) is 9.68. The van der Waals surface area contributed by atoms with Gasteiger partial charge >= 0.3 is 11.9 Å². The van der Waals surface area contributed by atoms with Crippen LogP contribution >= 0.6 is 0 Å². The van der Waals surface area contributed by atoms with Crippen LogP contribution < -0.4 is 9.47 Å². The minimum absolute atomic E-state index is 0.00156. The number of hydrogen-bond donors (Lipinski definition) is 0. The van der Waals surface area contributed by atoms with E-state index in [2.05, 4.69) is 0 Å². The molecule has 2 rings (SSSR count). The summed E-state index contributed by atoms with van der Waals surface area (Å²) in [6, 6.07) is 18.3. The van der Waals surface area contributed by atoms with Gasteiger partial charge in [0.05, 0.1) is 0 Å². The molecule has 160 valence electrons. The van der Waals surface area contributed by atoms with Gasteiger partial charge in [0.15, 0.2) is 0 Å². The Morgan fingerprint density at radius 3 is 1.80 bits per heavy atom. The molecule has 0 saturated carbocycles. The summed E-state index contributed by atoms with van der Waals surface area (Å²) in [5.74, 6) is 0.126. The van der Waals surface area contributed by atoms with Crippen molar-refractivity contribution in [2.45, 2.75) is 19.8 Å². The highest BCUT2D eigenvalue weighted by atomic mass is 16.6. The molecule has 30 heavy (non-hydrogen) atoms. The lowest BCUT2D eigenvalue weighted by molar-refractivity contribution is -0.158. The molecule has 0 saturated heterocycles. The van der Waals surface area contributed by atoms with E-state index < -0.39 is 17.4 Å². The second-order valence-electron chi connectivity index (χ2n) is 6.71. The SMILES string of the molecule is CC(C=O)(CCC(=O)OCCOc1ccccc1)C(=O)OCCOc1ccccc1. The topological polar surface area (TPSA) is 88.1 Å². The Bertz CT molecular complexity index is 792. The van der Waals surface area contributed by atoms with Crippen LogP contribution in [0.2, 0.25) is 0 Å². The molecule has 0 N–H and O–H groups in total. The summed E-state index contributed by atoms with van der Waals surface area (Å²) < 4.78 is 21.1. The summed E-state index contributed by atoms with van der Waals surface area (Å²) in [4.78, 5) is 35.6. The highest BCUT2D eigenvalue weighted by Crippen LogP contribution is 2.23. The zero-order valence-corrected chi connectivity index (χ0v) is 17.0. The number of para-hydroxylation sites is 2. The first kappa shape index (κ1) is 22.9. The van der Waals surface area contributed by atoms with E-state index in [0.29, 0.717) is 17.8 Å². The molecule has 2 aromatic rings. The third kappa shape index (κ3) is 7.95. The van der Waals surface area contributed by atoms with Gasteiger partial charge in [-0.05, 0) is 37.6 Å². The lowest BCUT2D eigenvalue weighted by Crippen LogP contribution is -2.33. The van der Waals surface area contributed by atoms with Crippen LogP contribution in [-0.2, 0) is 23.9 Å². The van der Waals surface area contributed by atoms with Crippen LogP contribution in [0.5, 0.6) is 11.5 Å². The van der Waals surface area contributed by atoms with Crippen molar-refractivity contribution in [2.75, 3.05) is 26.4 Å². The van der Waals surface area contributed by atoms with Crippen LogP contribution in [0, 0.1) is 5.41 Å². The molecule has 0 spiro atoms. The number of carbonyl (C=O) groups excluding carboxylic acids is 3. The predicted molar refractivity (Wildman–Crippen MR) is 109 cm³/mol. The van der Waals surface area contributed by atoms with Gasteiger partial charge in [-0.15, -0.1) is 0 Å². The molecule has 0 aliphatic rings. The average Bonchev–Trinajstić information content (AvgIpc) is 2.79. The van der Waals surface area contributed by atoms with Gasteiger partial charge in [0.1, 0.15) is 49.6 Å². The second-order valence-corrected chi connectivity index (χ2v) is 6.71. The molecule has 1 unspecified atom stereocenters. The standard InChI is InChI=1S/C23H26O7/c1-23(18-24,22(26)30-17-15-28-20-10-6-3-7-11-20)13-12-21(25)29-16-14-27-19-8-4-2-5-9-19/h2-11,18H,12-17H2,1H3. The van der Waals surface area contributed by atoms with Crippen LogP contribution in [0.3, 0.4) is 0 Å². The lowest BCUT2D eigenvalue weighted by Gasteiger charge is -2.20. The van der Waals surface area contributed by atoms with Gasteiger partial charge in [-0.3, -0.25) is 9.59 Å². The van der Waals surface area contributed by atoms with Gasteiger partial charge in [-0.2, -0.15) is 0 Å². The molecule has 0 heterocycles. The molecule has 7 nitrogen and oxygen atoms in total. The first-order valence-corrected chi connectivity index (χ1v) is 9.68. The number of esters is 2. The number of carbonyl (C=O) groups is 3. The Morgan fingerprint density at radius 2 is 1.30 bits per heavy atom. The van der Waals surface area contributed by atoms with E-state index in [1.165, 1.54) is 6.92 Å². The maximum Gasteiger partial charge on any atom is 0.319 e. The molecular formula is C23H26O7. The van der Waals surface area contributed by atoms with E-state index in [1.54, 1.807) is 24.3 Å². The van der Waals surface area contributed by atoms with Gasteiger partial charge in [0.2, 0.25) is 0 Å². The van der Waals surface area contributed by atoms with Crippen molar-refractivity contribution in [3.63, 3.8) is 0 Å². The maximum atomic E-state index is 12.3. The van der Waals surface area contributed by atoms with E-state index >= 15 is 0 Å². The molecule has 0 fully saturated rings. The lowest BCUT2D eigenvalue weighted by atomic mass is 9.87. The molecule has 0 aliphatic heterocycles. The van der Waals surface area contributed by atoms with Crippen LogP contribution in [0.4, 0.5) is 0 Å². The van der Waals surface area contributed by atoms with Crippen molar-refractivity contribution >= 4 is 18.2 Å². The Morgan fingerprint density at radius 1 is 0.800 bits per heavy atom. The van der Waals surface area contributed by atoms with Crippen molar-refractivity contribution in [3.05, 3.63) is 60.7 Å².